The molecule has 158 valence electrons. The van der Waals surface area contributed by atoms with E-state index in [0.717, 1.165) is 56.9 Å². The van der Waals surface area contributed by atoms with Crippen LogP contribution in [0.15, 0.2) is 36.2 Å². The zero-order valence-corrected chi connectivity index (χ0v) is 16.7. The molecule has 1 nitrogen and oxygen atoms in total. The Bertz CT molecular complexity index is 713. The molecule has 1 aromatic carbocycles. The van der Waals surface area contributed by atoms with Gasteiger partial charge in [-0.05, 0) is 98.8 Å². The van der Waals surface area contributed by atoms with Gasteiger partial charge in [-0.3, -0.25) is 0 Å². The standard InChI is InChI=1S/C24H29F4N/c25-23(16-29)15-19-5-3-17(4-6-19)1-2-18-7-9-20(10-8-18)21-11-13-22(14-12-21)24(26,27)28/h11-15,17-20H,1-10H2/t17-,18-,19-,20-. The Labute approximate surface area is 170 Å². The summed E-state index contributed by atoms with van der Waals surface area (Å²) in [7, 11) is 0. The number of hydrogen-bond donors (Lipinski definition) is 0. The van der Waals surface area contributed by atoms with Gasteiger partial charge in [-0.25, -0.2) is 0 Å². The van der Waals surface area contributed by atoms with E-state index >= 15 is 0 Å². The summed E-state index contributed by atoms with van der Waals surface area (Å²) in [5, 5.41) is 8.54. The predicted octanol–water partition coefficient (Wildman–Crippen LogP) is 7.94. The highest BCUT2D eigenvalue weighted by Crippen LogP contribution is 2.40. The Morgan fingerprint density at radius 2 is 1.41 bits per heavy atom. The van der Waals surface area contributed by atoms with Crippen LogP contribution in [0.4, 0.5) is 17.6 Å². The van der Waals surface area contributed by atoms with E-state index in [2.05, 4.69) is 0 Å². The molecule has 2 aliphatic rings. The Morgan fingerprint density at radius 3 is 1.90 bits per heavy atom. The maximum atomic E-state index is 13.1. The first-order valence-electron chi connectivity index (χ1n) is 10.8. The van der Waals surface area contributed by atoms with Crippen molar-refractivity contribution in [3.05, 3.63) is 47.3 Å². The van der Waals surface area contributed by atoms with Crippen molar-refractivity contribution in [3.8, 4) is 6.07 Å². The SMILES string of the molecule is N#CC(F)=C[C@H]1CC[C@H](CC[C@H]2CC[C@H](c3ccc(C(F)(F)F)cc3)CC2)CC1. The zero-order valence-electron chi connectivity index (χ0n) is 16.7. The topological polar surface area (TPSA) is 23.8 Å². The quantitative estimate of drug-likeness (QED) is 0.359. The molecule has 0 spiro atoms. The highest BCUT2D eigenvalue weighted by Gasteiger charge is 2.31. The van der Waals surface area contributed by atoms with Gasteiger partial charge in [0.05, 0.1) is 5.56 Å². The normalized spacial score (nSPS) is 28.7. The van der Waals surface area contributed by atoms with E-state index in [1.54, 1.807) is 18.2 Å². The Morgan fingerprint density at radius 1 is 0.897 bits per heavy atom. The molecule has 1 aromatic rings. The van der Waals surface area contributed by atoms with E-state index in [4.69, 9.17) is 5.26 Å². The number of nitriles is 1. The highest BCUT2D eigenvalue weighted by molar-refractivity contribution is 5.27. The summed E-state index contributed by atoms with van der Waals surface area (Å²) in [6, 6.07) is 7.27. The van der Waals surface area contributed by atoms with Crippen molar-refractivity contribution in [2.45, 2.75) is 76.3 Å². The Balaban J connectivity index is 1.38. The second-order valence-electron chi connectivity index (χ2n) is 8.82. The molecule has 2 fully saturated rings. The Hall–Kier alpha value is -1.83. The summed E-state index contributed by atoms with van der Waals surface area (Å²) in [5.41, 5.74) is 0.461. The zero-order chi connectivity index (χ0) is 20.9. The summed E-state index contributed by atoms with van der Waals surface area (Å²) in [6.45, 7) is 0. The number of alkyl halides is 3. The largest absolute Gasteiger partial charge is 0.416 e. The van der Waals surface area contributed by atoms with Crippen molar-refractivity contribution >= 4 is 0 Å². The molecule has 0 saturated heterocycles. The molecule has 0 aliphatic heterocycles. The molecule has 0 amide bonds. The van der Waals surface area contributed by atoms with Crippen LogP contribution >= 0.6 is 0 Å². The van der Waals surface area contributed by atoms with Gasteiger partial charge in [-0.15, -0.1) is 0 Å². The molecular weight excluding hydrogens is 378 g/mol. The van der Waals surface area contributed by atoms with Crippen molar-refractivity contribution in [1.29, 1.82) is 5.26 Å². The van der Waals surface area contributed by atoms with Crippen LogP contribution in [-0.2, 0) is 6.18 Å². The minimum absolute atomic E-state index is 0.213. The van der Waals surface area contributed by atoms with Crippen molar-refractivity contribution < 1.29 is 17.6 Å². The molecule has 0 atom stereocenters. The van der Waals surface area contributed by atoms with Crippen LogP contribution in [0.5, 0.6) is 0 Å². The fourth-order valence-electron chi connectivity index (χ4n) is 5.09. The lowest BCUT2D eigenvalue weighted by molar-refractivity contribution is -0.137. The van der Waals surface area contributed by atoms with E-state index in [-0.39, 0.29) is 5.92 Å². The summed E-state index contributed by atoms with van der Waals surface area (Å²) in [5.74, 6) is 1.36. The molecule has 3 rings (SSSR count). The van der Waals surface area contributed by atoms with E-state index in [1.165, 1.54) is 31.1 Å². The second-order valence-corrected chi connectivity index (χ2v) is 8.82. The third-order valence-electron chi connectivity index (χ3n) is 6.92. The summed E-state index contributed by atoms with van der Waals surface area (Å²) >= 11 is 0. The first-order valence-corrected chi connectivity index (χ1v) is 10.8. The smallest absolute Gasteiger partial charge is 0.195 e. The Kier molecular flexibility index (Phi) is 7.38. The summed E-state index contributed by atoms with van der Waals surface area (Å²) in [6.07, 6.45) is 8.23. The molecule has 5 heteroatoms. The highest BCUT2D eigenvalue weighted by atomic mass is 19.4. The van der Waals surface area contributed by atoms with Gasteiger partial charge < -0.3 is 0 Å². The van der Waals surface area contributed by atoms with Crippen molar-refractivity contribution in [1.82, 2.24) is 0 Å². The molecule has 2 aliphatic carbocycles. The molecule has 2 saturated carbocycles. The van der Waals surface area contributed by atoms with Gasteiger partial charge in [0.15, 0.2) is 5.83 Å². The average Bonchev–Trinajstić information content (AvgIpc) is 2.73. The minimum atomic E-state index is -4.27. The van der Waals surface area contributed by atoms with Crippen LogP contribution in [0.3, 0.4) is 0 Å². The molecule has 0 bridgehead atoms. The van der Waals surface area contributed by atoms with Gasteiger partial charge in [0, 0.05) is 0 Å². The van der Waals surface area contributed by atoms with Crippen LogP contribution in [0.25, 0.3) is 0 Å². The maximum absolute atomic E-state index is 13.1. The monoisotopic (exact) mass is 407 g/mol. The lowest BCUT2D eigenvalue weighted by Crippen LogP contribution is -2.17. The average molecular weight is 407 g/mol. The third-order valence-corrected chi connectivity index (χ3v) is 6.92. The first kappa shape index (κ1) is 21.9. The fraction of sp³-hybridized carbons (Fsp3) is 0.625. The number of rotatable bonds is 5. The predicted molar refractivity (Wildman–Crippen MR) is 106 cm³/mol. The van der Waals surface area contributed by atoms with Crippen LogP contribution < -0.4 is 0 Å². The summed E-state index contributed by atoms with van der Waals surface area (Å²) in [4.78, 5) is 0. The maximum Gasteiger partial charge on any atom is 0.416 e. The number of halogens is 4. The van der Waals surface area contributed by atoms with Crippen LogP contribution in [-0.4, -0.2) is 0 Å². The van der Waals surface area contributed by atoms with E-state index in [1.807, 2.05) is 0 Å². The van der Waals surface area contributed by atoms with E-state index < -0.39 is 17.6 Å². The lowest BCUT2D eigenvalue weighted by atomic mass is 9.74. The third kappa shape index (κ3) is 6.32. The van der Waals surface area contributed by atoms with Gasteiger partial charge in [-0.1, -0.05) is 25.0 Å². The van der Waals surface area contributed by atoms with Crippen LogP contribution in [0.1, 0.15) is 81.3 Å². The first-order chi connectivity index (χ1) is 13.8. The van der Waals surface area contributed by atoms with Gasteiger partial charge >= 0.3 is 6.18 Å². The van der Waals surface area contributed by atoms with E-state index in [9.17, 15) is 17.6 Å². The number of hydrogen-bond acceptors (Lipinski definition) is 1. The van der Waals surface area contributed by atoms with Gasteiger partial charge in [0.2, 0.25) is 0 Å². The van der Waals surface area contributed by atoms with Crippen molar-refractivity contribution in [3.63, 3.8) is 0 Å². The van der Waals surface area contributed by atoms with Crippen molar-refractivity contribution in [2.24, 2.45) is 17.8 Å². The fourth-order valence-corrected chi connectivity index (χ4v) is 5.09. The second kappa shape index (κ2) is 9.78. The number of allylic oxidation sites excluding steroid dienone is 2. The molecule has 0 aromatic heterocycles. The number of benzene rings is 1. The van der Waals surface area contributed by atoms with Crippen molar-refractivity contribution in [2.75, 3.05) is 0 Å². The molecular formula is C24H29F4N. The minimum Gasteiger partial charge on any atom is -0.195 e. The van der Waals surface area contributed by atoms with Crippen LogP contribution in [0.2, 0.25) is 0 Å². The lowest BCUT2D eigenvalue weighted by Gasteiger charge is -2.31. The molecule has 0 unspecified atom stereocenters. The van der Waals surface area contributed by atoms with Gasteiger partial charge in [0.1, 0.15) is 6.07 Å². The van der Waals surface area contributed by atoms with E-state index in [0.29, 0.717) is 17.8 Å². The summed E-state index contributed by atoms with van der Waals surface area (Å²) < 4.78 is 51.2. The van der Waals surface area contributed by atoms with Gasteiger partial charge in [-0.2, -0.15) is 22.8 Å². The molecule has 29 heavy (non-hydrogen) atoms. The van der Waals surface area contributed by atoms with Gasteiger partial charge in [0.25, 0.3) is 0 Å². The van der Waals surface area contributed by atoms with Crippen LogP contribution in [0, 0.1) is 29.1 Å². The molecule has 0 radical (unpaired) electrons. The number of nitrogens with zero attached hydrogens (tertiary/aromatic N) is 1. The molecule has 0 heterocycles. The molecule has 0 N–H and O–H groups in total.